The van der Waals surface area contributed by atoms with Crippen molar-refractivity contribution >= 4 is 45.7 Å². The minimum atomic E-state index is -2.46. The van der Waals surface area contributed by atoms with E-state index in [0.29, 0.717) is 0 Å². The van der Waals surface area contributed by atoms with Gasteiger partial charge in [-0.2, -0.15) is 8.42 Å². The summed E-state index contributed by atoms with van der Waals surface area (Å²) < 4.78 is 22.0. The quantitative estimate of drug-likeness (QED) is 0.492. The highest BCUT2D eigenvalue weighted by atomic mass is 32.2. The van der Waals surface area contributed by atoms with Crippen molar-refractivity contribution in [1.82, 2.24) is 5.43 Å². The molecule has 0 fully saturated rings. The van der Waals surface area contributed by atoms with Crippen LogP contribution in [0.25, 0.3) is 6.08 Å². The fourth-order valence-corrected chi connectivity index (χ4v) is 1.05. The van der Waals surface area contributed by atoms with Gasteiger partial charge in [0, 0.05) is 0 Å². The van der Waals surface area contributed by atoms with Gasteiger partial charge in [0.15, 0.2) is 4.32 Å². The summed E-state index contributed by atoms with van der Waals surface area (Å²) in [5.41, 5.74) is 3.13. The van der Waals surface area contributed by atoms with Crippen LogP contribution in [0.2, 0.25) is 0 Å². The average Bonchev–Trinajstić information content (AvgIpc) is 2.28. The number of nitrogens with zero attached hydrogens (tertiary/aromatic N) is 1. The molecule has 0 aliphatic rings. The SMILES string of the molecule is C=Cc1ccccc1.O=S(=O)=NNC(=S)S. The Kier molecular flexibility index (Phi) is 8.41. The molecule has 86 valence electrons. The van der Waals surface area contributed by atoms with Gasteiger partial charge in [-0.25, -0.2) is 5.43 Å². The fourth-order valence-electron chi connectivity index (χ4n) is 0.665. The lowest BCUT2D eigenvalue weighted by Crippen LogP contribution is -2.05. The number of thiocarbonyl (C=S) groups is 1. The monoisotopic (exact) mass is 274 g/mol. The van der Waals surface area contributed by atoms with E-state index < -0.39 is 10.5 Å². The Morgan fingerprint density at radius 3 is 2.25 bits per heavy atom. The summed E-state index contributed by atoms with van der Waals surface area (Å²) in [6.45, 7) is 3.63. The van der Waals surface area contributed by atoms with Crippen molar-refractivity contribution in [3.63, 3.8) is 0 Å². The van der Waals surface area contributed by atoms with Crippen LogP contribution in [0.5, 0.6) is 0 Å². The second kappa shape index (κ2) is 9.08. The molecular weight excluding hydrogens is 264 g/mol. The zero-order valence-electron chi connectivity index (χ0n) is 8.20. The van der Waals surface area contributed by atoms with Crippen LogP contribution >= 0.6 is 24.8 Å². The average molecular weight is 274 g/mol. The van der Waals surface area contributed by atoms with E-state index in [9.17, 15) is 8.42 Å². The predicted molar refractivity (Wildman–Crippen MR) is 72.6 cm³/mol. The summed E-state index contributed by atoms with van der Waals surface area (Å²) >= 11 is 7.83. The first-order valence-electron chi connectivity index (χ1n) is 4.02. The summed E-state index contributed by atoms with van der Waals surface area (Å²) in [5, 5.41) is 0. The minimum absolute atomic E-state index is 0.0224. The standard InChI is InChI=1S/C8H8.CH2N2O2S3/c1-2-8-6-4-3-5-7-8;4-8(5)3-2-1(6)7/h2-7H,1H2;(H2,2,6,7). The Balaban J connectivity index is 0.000000281. The lowest BCUT2D eigenvalue weighted by Gasteiger charge is -1.85. The molecule has 0 atom stereocenters. The van der Waals surface area contributed by atoms with Crippen LogP contribution in [0.4, 0.5) is 0 Å². The summed E-state index contributed by atoms with van der Waals surface area (Å²) in [5.74, 6) is 0. The van der Waals surface area contributed by atoms with E-state index in [4.69, 9.17) is 0 Å². The Labute approximate surface area is 106 Å². The van der Waals surface area contributed by atoms with Gasteiger partial charge < -0.3 is 0 Å². The van der Waals surface area contributed by atoms with Crippen molar-refractivity contribution in [2.24, 2.45) is 4.47 Å². The van der Waals surface area contributed by atoms with Crippen LogP contribution in [-0.2, 0) is 10.5 Å². The van der Waals surface area contributed by atoms with Crippen LogP contribution in [0.15, 0.2) is 41.4 Å². The topological polar surface area (TPSA) is 58.5 Å². The van der Waals surface area contributed by atoms with E-state index in [1.54, 1.807) is 0 Å². The predicted octanol–water partition coefficient (Wildman–Crippen LogP) is 2.10. The highest BCUT2D eigenvalue weighted by Gasteiger charge is 1.77. The second-order valence-corrected chi connectivity index (χ2v) is 4.11. The summed E-state index contributed by atoms with van der Waals surface area (Å²) in [6, 6.07) is 10.0. The third-order valence-corrected chi connectivity index (χ3v) is 1.68. The molecule has 0 unspecified atom stereocenters. The maximum Gasteiger partial charge on any atom is 0.332 e. The van der Waals surface area contributed by atoms with E-state index in [0.717, 1.165) is 0 Å². The first-order valence-corrected chi connectivity index (χ1v) is 5.91. The summed E-state index contributed by atoms with van der Waals surface area (Å²) in [4.78, 5) is 0. The summed E-state index contributed by atoms with van der Waals surface area (Å²) in [6.07, 6.45) is 1.83. The number of hydrogen-bond donors (Lipinski definition) is 2. The summed E-state index contributed by atoms with van der Waals surface area (Å²) in [7, 11) is -2.46. The van der Waals surface area contributed by atoms with Crippen molar-refractivity contribution in [1.29, 1.82) is 0 Å². The molecule has 0 radical (unpaired) electrons. The molecule has 0 aromatic heterocycles. The Morgan fingerprint density at radius 1 is 1.44 bits per heavy atom. The van der Waals surface area contributed by atoms with Crippen molar-refractivity contribution in [2.75, 3.05) is 0 Å². The van der Waals surface area contributed by atoms with Crippen LogP contribution in [0.1, 0.15) is 5.56 Å². The lowest BCUT2D eigenvalue weighted by atomic mass is 10.2. The van der Waals surface area contributed by atoms with E-state index in [1.165, 1.54) is 5.56 Å². The fraction of sp³-hybridized carbons (Fsp3) is 0. The maximum absolute atomic E-state index is 9.58. The van der Waals surface area contributed by atoms with E-state index in [1.807, 2.05) is 41.8 Å². The number of rotatable bonds is 2. The number of thiol groups is 1. The molecule has 0 spiro atoms. The Bertz CT molecular complexity index is 461. The van der Waals surface area contributed by atoms with Gasteiger partial charge in [0.1, 0.15) is 0 Å². The number of nitrogens with one attached hydrogen (secondary N) is 1. The molecule has 4 nitrogen and oxygen atoms in total. The van der Waals surface area contributed by atoms with E-state index >= 15 is 0 Å². The molecule has 0 heterocycles. The lowest BCUT2D eigenvalue weighted by molar-refractivity contribution is 0.619. The minimum Gasteiger partial charge on any atom is -0.247 e. The first-order chi connectivity index (χ1) is 7.56. The molecule has 0 amide bonds. The first kappa shape index (κ1) is 14.8. The van der Waals surface area contributed by atoms with Crippen molar-refractivity contribution < 1.29 is 8.42 Å². The molecule has 16 heavy (non-hydrogen) atoms. The molecule has 1 aromatic carbocycles. The number of hydrogen-bond acceptors (Lipinski definition) is 4. The zero-order chi connectivity index (χ0) is 12.4. The smallest absolute Gasteiger partial charge is 0.247 e. The molecule has 0 bridgehead atoms. The number of benzene rings is 1. The van der Waals surface area contributed by atoms with Crippen LogP contribution < -0.4 is 5.43 Å². The normalized spacial score (nSPS) is 8.06. The van der Waals surface area contributed by atoms with Gasteiger partial charge in [-0.3, -0.25) is 0 Å². The van der Waals surface area contributed by atoms with Gasteiger partial charge in [0.2, 0.25) is 0 Å². The molecule has 0 saturated heterocycles. The Morgan fingerprint density at radius 2 is 2.00 bits per heavy atom. The highest BCUT2D eigenvalue weighted by Crippen LogP contribution is 1.97. The molecule has 1 rings (SSSR count). The Hall–Kier alpha value is -1.18. The molecule has 1 N–H and O–H groups in total. The van der Waals surface area contributed by atoms with Crippen LogP contribution in [-0.4, -0.2) is 12.7 Å². The molecule has 1 aromatic rings. The zero-order valence-corrected chi connectivity index (χ0v) is 10.7. The van der Waals surface area contributed by atoms with Crippen molar-refractivity contribution in [3.05, 3.63) is 42.5 Å². The molecule has 7 heteroatoms. The second-order valence-electron chi connectivity index (χ2n) is 2.34. The largest absolute Gasteiger partial charge is 0.332 e. The van der Waals surface area contributed by atoms with Crippen LogP contribution in [0, 0.1) is 0 Å². The van der Waals surface area contributed by atoms with Gasteiger partial charge in [-0.05, 0) is 5.56 Å². The van der Waals surface area contributed by atoms with E-state index in [-0.39, 0.29) is 4.32 Å². The van der Waals surface area contributed by atoms with Crippen LogP contribution in [0.3, 0.4) is 0 Å². The highest BCUT2D eigenvalue weighted by molar-refractivity contribution is 8.11. The molecule has 0 saturated carbocycles. The molecular formula is C9H10N2O2S3. The van der Waals surface area contributed by atoms with Gasteiger partial charge in [0.25, 0.3) is 0 Å². The van der Waals surface area contributed by atoms with Gasteiger partial charge in [-0.15, -0.1) is 12.6 Å². The maximum atomic E-state index is 9.58. The van der Waals surface area contributed by atoms with Gasteiger partial charge in [-0.1, -0.05) is 59.7 Å². The molecule has 0 aliphatic carbocycles. The van der Waals surface area contributed by atoms with Gasteiger partial charge >= 0.3 is 10.5 Å². The van der Waals surface area contributed by atoms with Crippen molar-refractivity contribution in [2.45, 2.75) is 0 Å². The third kappa shape index (κ3) is 9.38. The van der Waals surface area contributed by atoms with E-state index in [2.05, 4.69) is 35.9 Å². The van der Waals surface area contributed by atoms with Crippen molar-refractivity contribution in [3.8, 4) is 0 Å². The third-order valence-electron chi connectivity index (χ3n) is 1.25. The van der Waals surface area contributed by atoms with Gasteiger partial charge in [0.05, 0.1) is 0 Å². The molecule has 0 aliphatic heterocycles.